The van der Waals surface area contributed by atoms with Gasteiger partial charge in [0, 0.05) is 0 Å². The largest absolute Gasteiger partial charge is 0.377 e. The molecule has 1 unspecified atom stereocenters. The monoisotopic (exact) mass is 400 g/mol. The molecule has 1 fully saturated rings. The van der Waals surface area contributed by atoms with E-state index < -0.39 is 5.79 Å². The van der Waals surface area contributed by atoms with E-state index in [1.807, 2.05) is 13.8 Å². The van der Waals surface area contributed by atoms with Crippen LogP contribution in [0.1, 0.15) is 26.7 Å². The second-order valence-electron chi connectivity index (χ2n) is 7.17. The maximum Gasteiger partial charge on any atom is 0.163 e. The fraction of sp³-hybridized carbons (Fsp3) is 0.810. The fourth-order valence-electron chi connectivity index (χ4n) is 2.80. The minimum atomic E-state index is -0.497. The van der Waals surface area contributed by atoms with E-state index >= 15 is 0 Å². The summed E-state index contributed by atoms with van der Waals surface area (Å²) in [6.07, 6.45) is 8.79. The number of allylic oxidation sites excluding steroid dienone is 2. The van der Waals surface area contributed by atoms with Crippen LogP contribution in [0.3, 0.4) is 0 Å². The van der Waals surface area contributed by atoms with E-state index in [-0.39, 0.29) is 6.10 Å². The Balaban J connectivity index is 1.24. The number of hydrogen-bond acceptors (Lipinski definition) is 7. The molecule has 2 rings (SSSR count). The molecule has 7 nitrogen and oxygen atoms in total. The Hall–Kier alpha value is -0.800. The summed E-state index contributed by atoms with van der Waals surface area (Å²) in [4.78, 5) is 0. The molecule has 0 saturated carbocycles. The van der Waals surface area contributed by atoms with E-state index in [4.69, 9.17) is 33.2 Å². The van der Waals surface area contributed by atoms with Gasteiger partial charge in [0.05, 0.1) is 72.7 Å². The molecule has 1 aliphatic heterocycles. The lowest BCUT2D eigenvalue weighted by Crippen LogP contribution is -2.24. The van der Waals surface area contributed by atoms with Crippen molar-refractivity contribution in [1.29, 1.82) is 0 Å². The fourth-order valence-corrected chi connectivity index (χ4v) is 2.80. The molecule has 0 radical (unpaired) electrons. The third kappa shape index (κ3) is 11.3. The van der Waals surface area contributed by atoms with Gasteiger partial charge in [0.15, 0.2) is 5.79 Å². The van der Waals surface area contributed by atoms with Gasteiger partial charge in [-0.3, -0.25) is 0 Å². The highest BCUT2D eigenvalue weighted by Crippen LogP contribution is 2.22. The minimum Gasteiger partial charge on any atom is -0.377 e. The van der Waals surface area contributed by atoms with Gasteiger partial charge in [-0.05, 0) is 32.3 Å². The van der Waals surface area contributed by atoms with Crippen molar-refractivity contribution in [1.82, 2.24) is 0 Å². The van der Waals surface area contributed by atoms with Crippen LogP contribution in [0.15, 0.2) is 23.8 Å². The van der Waals surface area contributed by atoms with Gasteiger partial charge >= 0.3 is 0 Å². The summed E-state index contributed by atoms with van der Waals surface area (Å²) >= 11 is 0. The zero-order chi connectivity index (χ0) is 19.9. The number of hydrogen-bond donors (Lipinski definition) is 0. The lowest BCUT2D eigenvalue weighted by atomic mass is 10.1. The highest BCUT2D eigenvalue weighted by molar-refractivity contribution is 5.22. The summed E-state index contributed by atoms with van der Waals surface area (Å²) in [5, 5.41) is 0. The van der Waals surface area contributed by atoms with Gasteiger partial charge in [-0.15, -0.1) is 0 Å². The molecular weight excluding hydrogens is 364 g/mol. The second-order valence-corrected chi connectivity index (χ2v) is 7.17. The zero-order valence-electron chi connectivity index (χ0n) is 17.4. The van der Waals surface area contributed by atoms with Gasteiger partial charge < -0.3 is 33.2 Å². The minimum absolute atomic E-state index is 0.00455. The van der Waals surface area contributed by atoms with Crippen molar-refractivity contribution < 1.29 is 33.2 Å². The van der Waals surface area contributed by atoms with E-state index in [0.29, 0.717) is 72.7 Å². The van der Waals surface area contributed by atoms with Crippen LogP contribution in [0.2, 0.25) is 0 Å². The molecule has 0 aromatic heterocycles. The van der Waals surface area contributed by atoms with E-state index in [1.165, 1.54) is 5.57 Å². The van der Waals surface area contributed by atoms with Crippen molar-refractivity contribution in [3.8, 4) is 0 Å². The second kappa shape index (κ2) is 14.2. The molecule has 28 heavy (non-hydrogen) atoms. The van der Waals surface area contributed by atoms with E-state index in [1.54, 1.807) is 0 Å². The summed E-state index contributed by atoms with van der Waals surface area (Å²) in [5.74, 6) is -0.497. The van der Waals surface area contributed by atoms with Gasteiger partial charge in [-0.1, -0.05) is 18.2 Å². The SMILES string of the molecule is CC1(C)OCC(COCCOCCOCCOCCOCC2=CCCC=C2)O1. The van der Waals surface area contributed by atoms with Crippen LogP contribution in [-0.2, 0) is 33.2 Å². The van der Waals surface area contributed by atoms with Gasteiger partial charge in [0.1, 0.15) is 6.10 Å². The lowest BCUT2D eigenvalue weighted by molar-refractivity contribution is -0.145. The van der Waals surface area contributed by atoms with Crippen LogP contribution in [0.5, 0.6) is 0 Å². The van der Waals surface area contributed by atoms with Crippen LogP contribution >= 0.6 is 0 Å². The van der Waals surface area contributed by atoms with E-state index in [2.05, 4.69) is 18.2 Å². The molecule has 0 aromatic carbocycles. The predicted molar refractivity (Wildman–Crippen MR) is 105 cm³/mol. The average Bonchev–Trinajstić information content (AvgIpc) is 3.04. The smallest absolute Gasteiger partial charge is 0.163 e. The maximum atomic E-state index is 5.66. The molecule has 0 amide bonds. The molecule has 1 atom stereocenters. The lowest BCUT2D eigenvalue weighted by Gasteiger charge is -2.17. The predicted octanol–water partition coefficient (Wildman–Crippen LogP) is 2.50. The third-order valence-electron chi connectivity index (χ3n) is 4.20. The van der Waals surface area contributed by atoms with Gasteiger partial charge in [-0.25, -0.2) is 0 Å². The van der Waals surface area contributed by atoms with Crippen molar-refractivity contribution >= 4 is 0 Å². The number of ether oxygens (including phenoxy) is 7. The van der Waals surface area contributed by atoms with Crippen LogP contribution in [-0.4, -0.2) is 84.6 Å². The Morgan fingerprint density at radius 1 is 0.857 bits per heavy atom. The molecule has 1 heterocycles. The van der Waals surface area contributed by atoms with Crippen LogP contribution in [0.25, 0.3) is 0 Å². The molecule has 0 bridgehead atoms. The Morgan fingerprint density at radius 2 is 1.46 bits per heavy atom. The standard InChI is InChI=1S/C21H36O7/c1-21(2)27-18-20(28-21)17-26-15-13-24-11-9-22-8-10-23-12-14-25-16-19-6-4-3-5-7-19/h4,6-7,20H,3,5,8-18H2,1-2H3. The summed E-state index contributed by atoms with van der Waals surface area (Å²) in [6, 6.07) is 0. The Morgan fingerprint density at radius 3 is 2.00 bits per heavy atom. The molecule has 162 valence electrons. The topological polar surface area (TPSA) is 64.6 Å². The van der Waals surface area contributed by atoms with Crippen molar-refractivity contribution in [3.63, 3.8) is 0 Å². The first-order valence-electron chi connectivity index (χ1n) is 10.2. The normalized spacial score (nSPS) is 21.2. The highest BCUT2D eigenvalue weighted by Gasteiger charge is 2.32. The highest BCUT2D eigenvalue weighted by atomic mass is 16.7. The van der Waals surface area contributed by atoms with E-state index in [0.717, 1.165) is 12.8 Å². The first kappa shape index (κ1) is 23.5. The molecule has 2 aliphatic rings. The molecule has 1 saturated heterocycles. The summed E-state index contributed by atoms with van der Waals surface area (Å²) in [7, 11) is 0. The third-order valence-corrected chi connectivity index (χ3v) is 4.20. The maximum absolute atomic E-state index is 5.66. The Labute approximate surface area is 168 Å². The Kier molecular flexibility index (Phi) is 11.9. The quantitative estimate of drug-likeness (QED) is 0.369. The molecule has 0 N–H and O–H groups in total. The van der Waals surface area contributed by atoms with Crippen molar-refractivity contribution in [2.24, 2.45) is 0 Å². The van der Waals surface area contributed by atoms with Crippen LogP contribution < -0.4 is 0 Å². The summed E-state index contributed by atoms with van der Waals surface area (Å²) < 4.78 is 38.6. The number of rotatable bonds is 16. The van der Waals surface area contributed by atoms with Gasteiger partial charge in [0.25, 0.3) is 0 Å². The molecular formula is C21H36O7. The van der Waals surface area contributed by atoms with Crippen molar-refractivity contribution in [2.75, 3.05) is 72.7 Å². The zero-order valence-corrected chi connectivity index (χ0v) is 17.4. The van der Waals surface area contributed by atoms with Crippen LogP contribution in [0.4, 0.5) is 0 Å². The van der Waals surface area contributed by atoms with Gasteiger partial charge in [0.2, 0.25) is 0 Å². The summed E-state index contributed by atoms with van der Waals surface area (Å²) in [5.41, 5.74) is 1.25. The van der Waals surface area contributed by atoms with Gasteiger partial charge in [-0.2, -0.15) is 0 Å². The molecule has 1 aliphatic carbocycles. The summed E-state index contributed by atoms with van der Waals surface area (Å²) in [6.45, 7) is 10.1. The molecule has 0 spiro atoms. The first-order valence-corrected chi connectivity index (χ1v) is 10.2. The van der Waals surface area contributed by atoms with Crippen molar-refractivity contribution in [2.45, 2.75) is 38.6 Å². The molecule has 7 heteroatoms. The average molecular weight is 401 g/mol. The Bertz CT molecular complexity index is 462. The van der Waals surface area contributed by atoms with Crippen molar-refractivity contribution in [3.05, 3.63) is 23.8 Å². The van der Waals surface area contributed by atoms with E-state index in [9.17, 15) is 0 Å². The molecule has 0 aromatic rings. The van der Waals surface area contributed by atoms with Crippen LogP contribution in [0, 0.1) is 0 Å². The first-order chi connectivity index (χ1) is 13.7.